The molecule has 0 radical (unpaired) electrons. The van der Waals surface area contributed by atoms with Gasteiger partial charge < -0.3 is 19.9 Å². The van der Waals surface area contributed by atoms with Crippen LogP contribution >= 0.6 is 0 Å². The molecule has 3 rings (SSSR count). The molecule has 0 aliphatic rings. The number of nitro groups is 1. The number of phenols is 2. The van der Waals surface area contributed by atoms with Crippen molar-refractivity contribution in [1.82, 2.24) is 10.1 Å². The fourth-order valence-electron chi connectivity index (χ4n) is 2.01. The van der Waals surface area contributed by atoms with Gasteiger partial charge in [0.15, 0.2) is 17.6 Å². The van der Waals surface area contributed by atoms with Gasteiger partial charge in [-0.05, 0) is 12.1 Å². The van der Waals surface area contributed by atoms with Crippen LogP contribution in [0, 0.1) is 22.2 Å². The molecule has 2 aromatic heterocycles. The molecule has 10 heteroatoms. The van der Waals surface area contributed by atoms with E-state index in [2.05, 4.69) is 10.1 Å². The topological polar surface area (TPSA) is 149 Å². The molecule has 10 nitrogen and oxygen atoms in total. The second kappa shape index (κ2) is 5.50. The summed E-state index contributed by atoms with van der Waals surface area (Å²) in [6.45, 7) is 1.64. The maximum Gasteiger partial charge on any atom is 0.315 e. The first-order valence-electron chi connectivity index (χ1n) is 6.61. The maximum atomic E-state index is 11.6. The fraction of sp³-hybridized carbons (Fsp3) is 0.0714. The maximum absolute atomic E-state index is 11.6. The van der Waals surface area contributed by atoms with Gasteiger partial charge in [0, 0.05) is 19.1 Å². The molecule has 1 aromatic carbocycles. The molecule has 2 heterocycles. The Morgan fingerprint density at radius 3 is 2.67 bits per heavy atom. The molecular weight excluding hydrogens is 320 g/mol. The fourth-order valence-corrected chi connectivity index (χ4v) is 2.01. The molecule has 2 N–H and O–H groups in total. The summed E-state index contributed by atoms with van der Waals surface area (Å²) in [5.41, 5.74) is 0.236. The zero-order valence-corrected chi connectivity index (χ0v) is 12.2. The first-order valence-corrected chi connectivity index (χ1v) is 6.61. The van der Waals surface area contributed by atoms with E-state index in [-0.39, 0.29) is 17.3 Å². The Hall–Kier alpha value is -3.69. The Morgan fingerprint density at radius 1 is 1.25 bits per heavy atom. The second-order valence-corrected chi connectivity index (χ2v) is 4.93. The number of pyridine rings is 1. The first-order chi connectivity index (χ1) is 11.4. The van der Waals surface area contributed by atoms with Gasteiger partial charge in [0.25, 0.3) is 5.89 Å². The van der Waals surface area contributed by atoms with Crippen molar-refractivity contribution in [2.45, 2.75) is 6.92 Å². The number of aromatic nitrogens is 3. The molecule has 0 aliphatic carbocycles. The van der Waals surface area contributed by atoms with Crippen LogP contribution in [0.25, 0.3) is 22.8 Å². The number of phenolic OH excluding ortho intramolecular Hbond substituents is 2. The molecule has 24 heavy (non-hydrogen) atoms. The lowest BCUT2D eigenvalue weighted by atomic mass is 10.1. The number of benzene rings is 1. The van der Waals surface area contributed by atoms with Gasteiger partial charge in [0.05, 0.1) is 16.1 Å². The van der Waals surface area contributed by atoms with Crippen LogP contribution in [0.1, 0.15) is 5.69 Å². The summed E-state index contributed by atoms with van der Waals surface area (Å²) in [6.07, 6.45) is 1.26. The number of hydrogen-bond acceptors (Lipinski definition) is 8. The number of nitro benzene ring substituents is 1. The smallest absolute Gasteiger partial charge is 0.315 e. The number of hydrogen-bond donors (Lipinski definition) is 2. The minimum absolute atomic E-state index is 0.0536. The lowest BCUT2D eigenvalue weighted by Crippen LogP contribution is -2.29. The Bertz CT molecular complexity index is 952. The summed E-state index contributed by atoms with van der Waals surface area (Å²) < 4.78 is 5.66. The molecule has 0 unspecified atom stereocenters. The SMILES string of the molecule is Cc1ccc(-c2noc(-c3cc(O)c(O)c([N+](=O)[O-])c3)n2)c[n+]1[O-]. The Kier molecular flexibility index (Phi) is 3.49. The highest BCUT2D eigenvalue weighted by Gasteiger charge is 2.22. The van der Waals surface area contributed by atoms with E-state index in [1.807, 2.05) is 0 Å². The van der Waals surface area contributed by atoms with Crippen molar-refractivity contribution in [2.75, 3.05) is 0 Å². The van der Waals surface area contributed by atoms with Crippen LogP contribution in [0.3, 0.4) is 0 Å². The Balaban J connectivity index is 2.05. The highest BCUT2D eigenvalue weighted by molar-refractivity contribution is 5.68. The van der Waals surface area contributed by atoms with Crippen LogP contribution in [0.4, 0.5) is 5.69 Å². The van der Waals surface area contributed by atoms with Gasteiger partial charge in [0.1, 0.15) is 0 Å². The van der Waals surface area contributed by atoms with E-state index in [0.29, 0.717) is 16.0 Å². The lowest BCUT2D eigenvalue weighted by Gasteiger charge is -2.01. The molecule has 0 aliphatic heterocycles. The largest absolute Gasteiger partial charge is 0.618 e. The van der Waals surface area contributed by atoms with Crippen LogP contribution in [-0.4, -0.2) is 25.3 Å². The van der Waals surface area contributed by atoms with Gasteiger partial charge >= 0.3 is 5.69 Å². The third-order valence-electron chi connectivity index (χ3n) is 3.31. The van der Waals surface area contributed by atoms with E-state index in [4.69, 9.17) is 4.52 Å². The Labute approximate surface area is 134 Å². The first kappa shape index (κ1) is 15.2. The van der Waals surface area contributed by atoms with Gasteiger partial charge in [-0.2, -0.15) is 9.71 Å². The molecular formula is C14H10N4O6. The molecule has 0 atom stereocenters. The zero-order chi connectivity index (χ0) is 17.4. The lowest BCUT2D eigenvalue weighted by molar-refractivity contribution is -0.611. The Morgan fingerprint density at radius 2 is 2.00 bits per heavy atom. The predicted octanol–water partition coefficient (Wildman–Crippen LogP) is 1.66. The van der Waals surface area contributed by atoms with E-state index in [9.17, 15) is 25.5 Å². The average Bonchev–Trinajstić information content (AvgIpc) is 3.02. The molecule has 122 valence electrons. The van der Waals surface area contributed by atoms with Gasteiger partial charge in [-0.25, -0.2) is 0 Å². The van der Waals surface area contributed by atoms with Crippen LogP contribution in [0.5, 0.6) is 11.5 Å². The summed E-state index contributed by atoms with van der Waals surface area (Å²) >= 11 is 0. The summed E-state index contributed by atoms with van der Waals surface area (Å²) in [5.74, 6) is -1.55. The van der Waals surface area contributed by atoms with Gasteiger partial charge in [0.2, 0.25) is 11.6 Å². The molecule has 0 saturated carbocycles. The normalized spacial score (nSPS) is 10.7. The molecule has 0 amide bonds. The van der Waals surface area contributed by atoms with Gasteiger partial charge in [-0.3, -0.25) is 10.1 Å². The molecule has 3 aromatic rings. The molecule has 0 bridgehead atoms. The van der Waals surface area contributed by atoms with Crippen LogP contribution in [-0.2, 0) is 0 Å². The van der Waals surface area contributed by atoms with Crippen molar-refractivity contribution < 1.29 is 24.4 Å². The summed E-state index contributed by atoms with van der Waals surface area (Å²) in [6, 6.07) is 5.25. The average molecular weight is 330 g/mol. The van der Waals surface area contributed by atoms with E-state index >= 15 is 0 Å². The van der Waals surface area contributed by atoms with Crippen molar-refractivity contribution in [2.24, 2.45) is 0 Å². The second-order valence-electron chi connectivity index (χ2n) is 4.93. The van der Waals surface area contributed by atoms with E-state index in [0.717, 1.165) is 12.1 Å². The van der Waals surface area contributed by atoms with Gasteiger partial charge in [-0.1, -0.05) is 5.16 Å². The van der Waals surface area contributed by atoms with Crippen molar-refractivity contribution in [3.63, 3.8) is 0 Å². The van der Waals surface area contributed by atoms with Crippen molar-refractivity contribution in [3.05, 3.63) is 51.5 Å². The minimum atomic E-state index is -0.852. The molecule has 0 saturated heterocycles. The minimum Gasteiger partial charge on any atom is -0.618 e. The van der Waals surface area contributed by atoms with Crippen molar-refractivity contribution in [1.29, 1.82) is 0 Å². The monoisotopic (exact) mass is 330 g/mol. The van der Waals surface area contributed by atoms with Crippen LogP contribution in [0.2, 0.25) is 0 Å². The standard InChI is InChI=1S/C14H10N4O6/c1-7-2-3-8(6-17(7)21)13-15-14(24-16-13)9-4-10(18(22)23)12(20)11(19)5-9/h2-6,19-20H,1H3. The molecule has 0 fully saturated rings. The summed E-state index contributed by atoms with van der Waals surface area (Å²) in [7, 11) is 0. The van der Waals surface area contributed by atoms with E-state index in [1.54, 1.807) is 19.1 Å². The number of aromatic hydroxyl groups is 2. The number of rotatable bonds is 3. The van der Waals surface area contributed by atoms with E-state index < -0.39 is 22.1 Å². The van der Waals surface area contributed by atoms with Crippen molar-refractivity contribution >= 4 is 5.69 Å². The highest BCUT2D eigenvalue weighted by Crippen LogP contribution is 2.39. The third-order valence-corrected chi connectivity index (χ3v) is 3.31. The van der Waals surface area contributed by atoms with E-state index in [1.165, 1.54) is 6.20 Å². The quantitative estimate of drug-likeness (QED) is 0.242. The van der Waals surface area contributed by atoms with Crippen LogP contribution < -0.4 is 4.73 Å². The predicted molar refractivity (Wildman–Crippen MR) is 78.9 cm³/mol. The summed E-state index contributed by atoms with van der Waals surface area (Å²) in [4.78, 5) is 14.1. The van der Waals surface area contributed by atoms with Gasteiger partial charge in [-0.15, -0.1) is 0 Å². The highest BCUT2D eigenvalue weighted by atomic mass is 16.6. The third kappa shape index (κ3) is 2.56. The van der Waals surface area contributed by atoms with Crippen molar-refractivity contribution in [3.8, 4) is 34.3 Å². The number of aryl methyl sites for hydroxylation is 1. The summed E-state index contributed by atoms with van der Waals surface area (Å²) in [5, 5.41) is 45.3. The van der Waals surface area contributed by atoms with Crippen LogP contribution in [0.15, 0.2) is 35.0 Å². The number of nitrogens with zero attached hydrogens (tertiary/aromatic N) is 4. The molecule has 0 spiro atoms. The zero-order valence-electron chi connectivity index (χ0n) is 12.2.